The van der Waals surface area contributed by atoms with E-state index in [0.29, 0.717) is 0 Å². The fourth-order valence-electron chi connectivity index (χ4n) is 4.15. The first-order valence-electron chi connectivity index (χ1n) is 8.85. The molecule has 0 bridgehead atoms. The van der Waals surface area contributed by atoms with Gasteiger partial charge in [-0.15, -0.1) is 0 Å². The molecule has 1 aliphatic carbocycles. The van der Waals surface area contributed by atoms with E-state index in [0.717, 1.165) is 29.6 Å². The number of rotatable bonds is 1. The topological polar surface area (TPSA) is 43.8 Å². The molecule has 3 nitrogen and oxygen atoms in total. The fourth-order valence-corrected chi connectivity index (χ4v) is 4.15. The van der Waals surface area contributed by atoms with Crippen LogP contribution >= 0.6 is 0 Å². The lowest BCUT2D eigenvalue weighted by atomic mass is 9.93. The molecule has 0 saturated heterocycles. The summed E-state index contributed by atoms with van der Waals surface area (Å²) in [5.41, 5.74) is 17.3. The van der Waals surface area contributed by atoms with Crippen molar-refractivity contribution in [2.45, 2.75) is 53.4 Å². The molecular formula is C21H25N3. The van der Waals surface area contributed by atoms with Gasteiger partial charge in [-0.05, 0) is 76.1 Å². The van der Waals surface area contributed by atoms with Crippen LogP contribution in [0, 0.1) is 27.7 Å². The molecule has 0 amide bonds. The third-order valence-corrected chi connectivity index (χ3v) is 5.56. The number of nitrogens with zero attached hydrogens (tertiary/aromatic N) is 2. The Morgan fingerprint density at radius 3 is 2.54 bits per heavy atom. The summed E-state index contributed by atoms with van der Waals surface area (Å²) in [6.45, 7) is 8.65. The number of hydrogen-bond acceptors (Lipinski definition) is 2. The monoisotopic (exact) mass is 319 g/mol. The maximum Gasteiger partial charge on any atom is 0.147 e. The maximum absolute atomic E-state index is 6.61. The minimum absolute atomic E-state index is 0.957. The SMILES string of the molecule is Cc1ccc(-n2c(C)c(C)c3c(N)c4c(nc32)CCCC4)c(C)c1. The predicted octanol–water partition coefficient (Wildman–Crippen LogP) is 4.72. The molecular weight excluding hydrogens is 294 g/mol. The molecule has 124 valence electrons. The van der Waals surface area contributed by atoms with Gasteiger partial charge in [-0.25, -0.2) is 4.98 Å². The first-order valence-corrected chi connectivity index (χ1v) is 8.85. The highest BCUT2D eigenvalue weighted by molar-refractivity contribution is 5.96. The molecule has 0 spiro atoms. The van der Waals surface area contributed by atoms with Crippen molar-refractivity contribution in [2.75, 3.05) is 5.73 Å². The van der Waals surface area contributed by atoms with Gasteiger partial charge in [0.15, 0.2) is 0 Å². The van der Waals surface area contributed by atoms with Crippen molar-refractivity contribution in [3.8, 4) is 5.69 Å². The van der Waals surface area contributed by atoms with Crippen molar-refractivity contribution in [2.24, 2.45) is 0 Å². The summed E-state index contributed by atoms with van der Waals surface area (Å²) < 4.78 is 2.30. The van der Waals surface area contributed by atoms with Gasteiger partial charge in [0.25, 0.3) is 0 Å². The molecule has 24 heavy (non-hydrogen) atoms. The molecule has 3 heteroatoms. The number of nitrogen functional groups attached to an aromatic ring is 1. The van der Waals surface area contributed by atoms with E-state index in [-0.39, 0.29) is 0 Å². The van der Waals surface area contributed by atoms with Gasteiger partial charge in [-0.2, -0.15) is 0 Å². The first kappa shape index (κ1) is 15.3. The van der Waals surface area contributed by atoms with Crippen LogP contribution in [-0.4, -0.2) is 9.55 Å². The van der Waals surface area contributed by atoms with Crippen molar-refractivity contribution >= 4 is 16.7 Å². The third kappa shape index (κ3) is 2.07. The molecule has 2 aromatic heterocycles. The molecule has 0 atom stereocenters. The van der Waals surface area contributed by atoms with Crippen LogP contribution in [0.25, 0.3) is 16.7 Å². The van der Waals surface area contributed by atoms with Crippen LogP contribution in [0.4, 0.5) is 5.69 Å². The highest BCUT2D eigenvalue weighted by Gasteiger charge is 2.23. The number of pyridine rings is 1. The Balaban J connectivity index is 2.10. The fraction of sp³-hybridized carbons (Fsp3) is 0.381. The highest BCUT2D eigenvalue weighted by Crippen LogP contribution is 2.37. The minimum Gasteiger partial charge on any atom is -0.398 e. The Bertz CT molecular complexity index is 963. The Hall–Kier alpha value is -2.29. The van der Waals surface area contributed by atoms with Crippen LogP contribution in [0.3, 0.4) is 0 Å². The third-order valence-electron chi connectivity index (χ3n) is 5.56. The van der Waals surface area contributed by atoms with Gasteiger partial charge in [0.2, 0.25) is 0 Å². The summed E-state index contributed by atoms with van der Waals surface area (Å²) in [4.78, 5) is 5.08. The lowest BCUT2D eigenvalue weighted by Gasteiger charge is -2.18. The van der Waals surface area contributed by atoms with Crippen LogP contribution in [0.2, 0.25) is 0 Å². The summed E-state index contributed by atoms with van der Waals surface area (Å²) in [6.07, 6.45) is 4.55. The Kier molecular flexibility index (Phi) is 3.41. The van der Waals surface area contributed by atoms with Gasteiger partial charge in [-0.1, -0.05) is 17.7 Å². The first-order chi connectivity index (χ1) is 11.5. The molecule has 1 aliphatic rings. The number of hydrogen-bond donors (Lipinski definition) is 1. The van der Waals surface area contributed by atoms with Crippen molar-refractivity contribution < 1.29 is 0 Å². The van der Waals surface area contributed by atoms with Crippen LogP contribution in [0.1, 0.15) is 46.5 Å². The van der Waals surface area contributed by atoms with Gasteiger partial charge < -0.3 is 5.73 Å². The quantitative estimate of drug-likeness (QED) is 0.705. The molecule has 2 heterocycles. The second-order valence-corrected chi connectivity index (χ2v) is 7.19. The van der Waals surface area contributed by atoms with E-state index in [4.69, 9.17) is 10.7 Å². The Morgan fingerprint density at radius 1 is 1.04 bits per heavy atom. The van der Waals surface area contributed by atoms with E-state index < -0.39 is 0 Å². The summed E-state index contributed by atoms with van der Waals surface area (Å²) in [5.74, 6) is 0. The number of aryl methyl sites for hydroxylation is 4. The van der Waals surface area contributed by atoms with E-state index >= 15 is 0 Å². The lowest BCUT2D eigenvalue weighted by Crippen LogP contribution is -2.10. The van der Waals surface area contributed by atoms with Crippen LogP contribution in [0.15, 0.2) is 18.2 Å². The number of nitrogens with two attached hydrogens (primary N) is 1. The zero-order chi connectivity index (χ0) is 17.0. The largest absolute Gasteiger partial charge is 0.398 e. The molecule has 4 rings (SSSR count). The predicted molar refractivity (Wildman–Crippen MR) is 101 cm³/mol. The lowest BCUT2D eigenvalue weighted by molar-refractivity contribution is 0.672. The van der Waals surface area contributed by atoms with Gasteiger partial charge in [-0.3, -0.25) is 4.57 Å². The molecule has 1 aromatic carbocycles. The van der Waals surface area contributed by atoms with E-state index in [1.54, 1.807) is 0 Å². The van der Waals surface area contributed by atoms with Crippen molar-refractivity contribution in [3.05, 3.63) is 51.8 Å². The zero-order valence-corrected chi connectivity index (χ0v) is 15.0. The smallest absolute Gasteiger partial charge is 0.147 e. The number of anilines is 1. The van der Waals surface area contributed by atoms with Crippen molar-refractivity contribution in [3.63, 3.8) is 0 Å². The van der Waals surface area contributed by atoms with Gasteiger partial charge in [0.05, 0.1) is 5.69 Å². The number of fused-ring (bicyclic) bond motifs is 2. The molecule has 0 unspecified atom stereocenters. The minimum atomic E-state index is 0.957. The van der Waals surface area contributed by atoms with Gasteiger partial charge in [0, 0.05) is 22.5 Å². The van der Waals surface area contributed by atoms with E-state index in [9.17, 15) is 0 Å². The normalized spacial score (nSPS) is 14.2. The summed E-state index contributed by atoms with van der Waals surface area (Å²) in [5, 5.41) is 1.15. The second kappa shape index (κ2) is 5.37. The van der Waals surface area contributed by atoms with Crippen LogP contribution in [-0.2, 0) is 12.8 Å². The van der Waals surface area contributed by atoms with Crippen molar-refractivity contribution in [1.29, 1.82) is 0 Å². The molecule has 0 radical (unpaired) electrons. The standard InChI is InChI=1S/C21H25N3/c1-12-9-10-18(13(2)11-12)24-15(4)14(3)19-20(22)16-7-5-6-8-17(16)23-21(19)24/h9-11H,5-8H2,1-4H3,(H2,22,23). The van der Waals surface area contributed by atoms with Gasteiger partial charge >= 0.3 is 0 Å². The van der Waals surface area contributed by atoms with Crippen molar-refractivity contribution in [1.82, 2.24) is 9.55 Å². The maximum atomic E-state index is 6.61. The molecule has 0 saturated carbocycles. The molecule has 0 aliphatic heterocycles. The average molecular weight is 319 g/mol. The molecule has 2 N–H and O–H groups in total. The van der Waals surface area contributed by atoms with E-state index in [1.807, 2.05) is 0 Å². The van der Waals surface area contributed by atoms with Crippen LogP contribution < -0.4 is 5.73 Å². The number of aromatic nitrogens is 2. The summed E-state index contributed by atoms with van der Waals surface area (Å²) in [7, 11) is 0. The summed E-state index contributed by atoms with van der Waals surface area (Å²) in [6, 6.07) is 6.61. The molecule has 3 aromatic rings. The average Bonchev–Trinajstić information content (AvgIpc) is 2.80. The Morgan fingerprint density at radius 2 is 1.79 bits per heavy atom. The molecule has 0 fully saturated rings. The summed E-state index contributed by atoms with van der Waals surface area (Å²) >= 11 is 0. The zero-order valence-electron chi connectivity index (χ0n) is 15.0. The Labute approximate surface area is 143 Å². The number of benzene rings is 1. The van der Waals surface area contributed by atoms with E-state index in [2.05, 4.69) is 50.5 Å². The van der Waals surface area contributed by atoms with Gasteiger partial charge in [0.1, 0.15) is 5.65 Å². The van der Waals surface area contributed by atoms with Crippen LogP contribution in [0.5, 0.6) is 0 Å². The second-order valence-electron chi connectivity index (χ2n) is 7.19. The highest BCUT2D eigenvalue weighted by atomic mass is 15.1. The van der Waals surface area contributed by atoms with E-state index in [1.165, 1.54) is 52.2 Å².